The number of aryl methyl sites for hydroxylation is 2. The first-order valence-corrected chi connectivity index (χ1v) is 9.98. The number of nitrogen functional groups attached to an aromatic ring is 1. The van der Waals surface area contributed by atoms with Crippen molar-refractivity contribution in [3.63, 3.8) is 0 Å². The van der Waals surface area contributed by atoms with E-state index < -0.39 is 5.97 Å². The molecule has 156 valence electrons. The molecule has 3 aromatic carbocycles. The van der Waals surface area contributed by atoms with E-state index >= 15 is 0 Å². The summed E-state index contributed by atoms with van der Waals surface area (Å²) in [5.41, 5.74) is 10.4. The Morgan fingerprint density at radius 2 is 1.77 bits per heavy atom. The molecule has 0 heterocycles. The lowest BCUT2D eigenvalue weighted by atomic mass is 9.95. The fraction of sp³-hybridized carbons (Fsp3) is 0.240. The van der Waals surface area contributed by atoms with E-state index in [1.54, 1.807) is 19.2 Å². The summed E-state index contributed by atoms with van der Waals surface area (Å²) in [5.74, 6) is 0.291. The minimum Gasteiger partial charge on any atom is -0.493 e. The molecular weight excluding hydrogens is 378 g/mol. The maximum Gasteiger partial charge on any atom is 0.336 e. The number of aromatic carboxylic acids is 1. The zero-order chi connectivity index (χ0) is 21.5. The molecule has 0 atom stereocenters. The maximum atomic E-state index is 11.7. The van der Waals surface area contributed by atoms with Crippen LogP contribution in [0.2, 0.25) is 0 Å². The Morgan fingerprint density at radius 1 is 1.00 bits per heavy atom. The number of unbranched alkanes of at least 4 members (excludes halogenated alkanes) is 1. The van der Waals surface area contributed by atoms with E-state index in [1.165, 1.54) is 5.56 Å². The van der Waals surface area contributed by atoms with Crippen molar-refractivity contribution in [2.24, 2.45) is 0 Å². The predicted octanol–water partition coefficient (Wildman–Crippen LogP) is 5.35. The molecule has 0 aliphatic heterocycles. The molecule has 0 bridgehead atoms. The second-order valence-corrected chi connectivity index (χ2v) is 7.22. The zero-order valence-corrected chi connectivity index (χ0v) is 17.4. The van der Waals surface area contributed by atoms with Crippen LogP contribution in [0.5, 0.6) is 11.5 Å². The van der Waals surface area contributed by atoms with Gasteiger partial charge in [0.1, 0.15) is 0 Å². The van der Waals surface area contributed by atoms with E-state index in [0.29, 0.717) is 23.7 Å². The monoisotopic (exact) mass is 405 g/mol. The first kappa shape index (κ1) is 21.2. The van der Waals surface area contributed by atoms with Gasteiger partial charge in [-0.05, 0) is 78.8 Å². The highest BCUT2D eigenvalue weighted by Gasteiger charge is 2.16. The zero-order valence-electron chi connectivity index (χ0n) is 17.4. The van der Waals surface area contributed by atoms with Crippen molar-refractivity contribution in [1.29, 1.82) is 0 Å². The number of rotatable bonds is 9. The van der Waals surface area contributed by atoms with E-state index in [9.17, 15) is 9.90 Å². The molecular formula is C25H27NO4. The second-order valence-electron chi connectivity index (χ2n) is 7.22. The molecule has 3 N–H and O–H groups in total. The van der Waals surface area contributed by atoms with Crippen molar-refractivity contribution in [1.82, 2.24) is 0 Å². The molecule has 30 heavy (non-hydrogen) atoms. The molecule has 5 nitrogen and oxygen atoms in total. The number of carbonyl (C=O) groups is 1. The van der Waals surface area contributed by atoms with Crippen LogP contribution in [0.15, 0.2) is 60.7 Å². The van der Waals surface area contributed by atoms with Gasteiger partial charge in [0.05, 0.1) is 19.3 Å². The van der Waals surface area contributed by atoms with Gasteiger partial charge in [0.2, 0.25) is 0 Å². The van der Waals surface area contributed by atoms with Gasteiger partial charge in [-0.3, -0.25) is 0 Å². The van der Waals surface area contributed by atoms with Gasteiger partial charge < -0.3 is 20.3 Å². The predicted molar refractivity (Wildman–Crippen MR) is 119 cm³/mol. The van der Waals surface area contributed by atoms with Gasteiger partial charge >= 0.3 is 5.97 Å². The number of nitrogens with two attached hydrogens (primary N) is 1. The van der Waals surface area contributed by atoms with Gasteiger partial charge in [0, 0.05) is 5.69 Å². The summed E-state index contributed by atoms with van der Waals surface area (Å²) in [6.45, 7) is 2.46. The van der Waals surface area contributed by atoms with Crippen LogP contribution in [0.4, 0.5) is 5.69 Å². The van der Waals surface area contributed by atoms with E-state index in [1.807, 2.05) is 55.5 Å². The summed E-state index contributed by atoms with van der Waals surface area (Å²) in [4.78, 5) is 11.7. The Balaban J connectivity index is 1.70. The number of methoxy groups -OCH3 is 1. The van der Waals surface area contributed by atoms with E-state index in [-0.39, 0.29) is 5.56 Å². The second kappa shape index (κ2) is 9.83. The summed E-state index contributed by atoms with van der Waals surface area (Å²) < 4.78 is 11.4. The van der Waals surface area contributed by atoms with Crippen molar-refractivity contribution in [2.75, 3.05) is 19.5 Å². The summed E-state index contributed by atoms with van der Waals surface area (Å²) in [6, 6.07) is 18.7. The molecule has 5 heteroatoms. The van der Waals surface area contributed by atoms with E-state index in [2.05, 4.69) is 0 Å². The van der Waals surface area contributed by atoms with Gasteiger partial charge in [0.25, 0.3) is 0 Å². The molecule has 0 aliphatic carbocycles. The van der Waals surface area contributed by atoms with Crippen LogP contribution in [-0.4, -0.2) is 24.8 Å². The Bertz CT molecular complexity index is 1010. The average molecular weight is 405 g/mol. The average Bonchev–Trinajstić information content (AvgIpc) is 2.74. The number of hydrogen-bond acceptors (Lipinski definition) is 4. The van der Waals surface area contributed by atoms with Crippen molar-refractivity contribution in [2.45, 2.75) is 26.2 Å². The molecule has 3 aromatic rings. The molecule has 0 amide bonds. The number of carboxylic acids is 1. The van der Waals surface area contributed by atoms with Crippen LogP contribution in [0, 0.1) is 6.92 Å². The van der Waals surface area contributed by atoms with Crippen molar-refractivity contribution >= 4 is 11.7 Å². The topological polar surface area (TPSA) is 81.8 Å². The van der Waals surface area contributed by atoms with Gasteiger partial charge in [-0.1, -0.05) is 30.3 Å². The van der Waals surface area contributed by atoms with E-state index in [4.69, 9.17) is 15.2 Å². The van der Waals surface area contributed by atoms with Crippen LogP contribution in [0.1, 0.15) is 34.3 Å². The maximum absolute atomic E-state index is 11.7. The highest BCUT2D eigenvalue weighted by molar-refractivity contribution is 5.97. The lowest BCUT2D eigenvalue weighted by molar-refractivity contribution is 0.0697. The number of ether oxygens (including phenoxy) is 2. The Labute approximate surface area is 177 Å². The Kier molecular flexibility index (Phi) is 6.96. The van der Waals surface area contributed by atoms with E-state index in [0.717, 1.165) is 36.1 Å². The largest absolute Gasteiger partial charge is 0.493 e. The minimum absolute atomic E-state index is 0.273. The number of anilines is 1. The van der Waals surface area contributed by atoms with Crippen molar-refractivity contribution in [3.8, 4) is 22.6 Å². The third-order valence-corrected chi connectivity index (χ3v) is 5.05. The number of carboxylic acid groups (broad SMARTS) is 1. The first-order valence-electron chi connectivity index (χ1n) is 9.98. The SMILES string of the molecule is COc1ccc(-c2c(C)cccc2C(=O)O)cc1OCCCCc1ccc(N)cc1. The Hall–Kier alpha value is -3.47. The fourth-order valence-corrected chi connectivity index (χ4v) is 3.47. The fourth-order valence-electron chi connectivity index (χ4n) is 3.47. The van der Waals surface area contributed by atoms with Gasteiger partial charge in [-0.25, -0.2) is 4.79 Å². The lowest BCUT2D eigenvalue weighted by Crippen LogP contribution is -2.03. The number of hydrogen-bond donors (Lipinski definition) is 2. The third-order valence-electron chi connectivity index (χ3n) is 5.05. The molecule has 0 aromatic heterocycles. The quantitative estimate of drug-likeness (QED) is 0.370. The Morgan fingerprint density at radius 3 is 2.47 bits per heavy atom. The molecule has 0 saturated carbocycles. The molecule has 0 saturated heterocycles. The van der Waals surface area contributed by atoms with Gasteiger partial charge in [-0.15, -0.1) is 0 Å². The van der Waals surface area contributed by atoms with Crippen LogP contribution in [0.3, 0.4) is 0 Å². The molecule has 0 fully saturated rings. The summed E-state index contributed by atoms with van der Waals surface area (Å²) in [6.07, 6.45) is 2.85. The first-order chi connectivity index (χ1) is 14.5. The van der Waals surface area contributed by atoms with Crippen LogP contribution in [-0.2, 0) is 6.42 Å². The molecule has 0 unspecified atom stereocenters. The van der Waals surface area contributed by atoms with Crippen molar-refractivity contribution < 1.29 is 19.4 Å². The van der Waals surface area contributed by atoms with Crippen LogP contribution < -0.4 is 15.2 Å². The molecule has 3 rings (SSSR count). The molecule has 0 aliphatic rings. The summed E-state index contributed by atoms with van der Waals surface area (Å²) >= 11 is 0. The van der Waals surface area contributed by atoms with Gasteiger partial charge in [-0.2, -0.15) is 0 Å². The normalized spacial score (nSPS) is 10.6. The molecule has 0 radical (unpaired) electrons. The number of benzene rings is 3. The van der Waals surface area contributed by atoms with Gasteiger partial charge in [0.15, 0.2) is 11.5 Å². The third kappa shape index (κ3) is 5.11. The summed E-state index contributed by atoms with van der Waals surface area (Å²) in [7, 11) is 1.60. The molecule has 0 spiro atoms. The minimum atomic E-state index is -0.949. The van der Waals surface area contributed by atoms with Crippen molar-refractivity contribution in [3.05, 3.63) is 77.4 Å². The highest BCUT2D eigenvalue weighted by Crippen LogP contribution is 2.35. The summed E-state index contributed by atoms with van der Waals surface area (Å²) in [5, 5.41) is 9.57. The van der Waals surface area contributed by atoms with Crippen LogP contribution >= 0.6 is 0 Å². The lowest BCUT2D eigenvalue weighted by Gasteiger charge is -2.15. The smallest absolute Gasteiger partial charge is 0.336 e. The highest BCUT2D eigenvalue weighted by atomic mass is 16.5. The standard InChI is InChI=1S/C25H27NO4/c1-17-6-5-8-21(25(27)28)24(17)19-11-14-22(29-2)23(16-19)30-15-4-3-7-18-9-12-20(26)13-10-18/h5-6,8-14,16H,3-4,7,15,26H2,1-2H3,(H,27,28). The van der Waals surface area contributed by atoms with Crippen LogP contribution in [0.25, 0.3) is 11.1 Å².